The molecule has 17 heavy (non-hydrogen) atoms. The van der Waals surface area contributed by atoms with Gasteiger partial charge in [0.15, 0.2) is 0 Å². The monoisotopic (exact) mass is 234 g/mol. The molecule has 0 heteroatoms. The minimum Gasteiger partial charge on any atom is -0.0654 e. The molecule has 0 amide bonds. The highest BCUT2D eigenvalue weighted by atomic mass is 14.7. The fourth-order valence-electron chi connectivity index (χ4n) is 6.10. The van der Waals surface area contributed by atoms with Gasteiger partial charge in [-0.25, -0.2) is 0 Å². The van der Waals surface area contributed by atoms with Gasteiger partial charge in [-0.3, -0.25) is 0 Å². The van der Waals surface area contributed by atoms with Gasteiger partial charge in [-0.2, -0.15) is 0 Å². The molecule has 0 nitrogen and oxygen atoms in total. The number of fused-ring (bicyclic) bond motifs is 2. The zero-order valence-electron chi connectivity index (χ0n) is 12.3. The van der Waals surface area contributed by atoms with Crippen molar-refractivity contribution in [3.8, 4) is 0 Å². The summed E-state index contributed by atoms with van der Waals surface area (Å²) >= 11 is 0. The second-order valence-electron chi connectivity index (χ2n) is 7.61. The molecule has 0 spiro atoms. The molecule has 0 N–H and O–H groups in total. The third-order valence-corrected chi connectivity index (χ3v) is 7.13. The largest absolute Gasteiger partial charge is 0.0654 e. The highest BCUT2D eigenvalue weighted by Crippen LogP contribution is 2.67. The van der Waals surface area contributed by atoms with Gasteiger partial charge in [-0.1, -0.05) is 47.5 Å². The van der Waals surface area contributed by atoms with Crippen molar-refractivity contribution in [2.75, 3.05) is 0 Å². The highest BCUT2D eigenvalue weighted by molar-refractivity contribution is 5.09. The van der Waals surface area contributed by atoms with Crippen molar-refractivity contribution in [3.05, 3.63) is 0 Å². The van der Waals surface area contributed by atoms with Gasteiger partial charge >= 0.3 is 0 Å². The van der Waals surface area contributed by atoms with Crippen LogP contribution in [0.25, 0.3) is 0 Å². The smallest absolute Gasteiger partial charge is 0.0321 e. The van der Waals surface area contributed by atoms with Crippen LogP contribution in [-0.4, -0.2) is 0 Å². The highest BCUT2D eigenvalue weighted by Gasteiger charge is 2.61. The minimum atomic E-state index is 0.979. The van der Waals surface area contributed by atoms with E-state index in [-0.39, 0.29) is 0 Å². The van der Waals surface area contributed by atoms with Gasteiger partial charge < -0.3 is 0 Å². The lowest BCUT2D eigenvalue weighted by Crippen LogP contribution is -2.35. The van der Waals surface area contributed by atoms with Crippen LogP contribution >= 0.6 is 0 Å². The summed E-state index contributed by atoms with van der Waals surface area (Å²) < 4.78 is 0. The lowest BCUT2D eigenvalue weighted by Gasteiger charge is -2.40. The molecule has 0 heterocycles. The SMILES string of the molecule is CCCC1C(C)C(C)C2C(C)C3CC3C(C)C12. The Morgan fingerprint density at radius 3 is 1.94 bits per heavy atom. The van der Waals surface area contributed by atoms with Crippen molar-refractivity contribution in [1.29, 1.82) is 0 Å². The lowest BCUT2D eigenvalue weighted by atomic mass is 9.65. The topological polar surface area (TPSA) is 0 Å². The molecule has 0 radical (unpaired) electrons. The summed E-state index contributed by atoms with van der Waals surface area (Å²) in [4.78, 5) is 0. The quantitative estimate of drug-likeness (QED) is 0.641. The van der Waals surface area contributed by atoms with Crippen molar-refractivity contribution in [2.45, 2.75) is 53.9 Å². The molecule has 3 saturated carbocycles. The summed E-state index contributed by atoms with van der Waals surface area (Å²) in [6.45, 7) is 12.6. The van der Waals surface area contributed by atoms with E-state index in [1.54, 1.807) is 6.42 Å². The number of hydrogen-bond acceptors (Lipinski definition) is 0. The van der Waals surface area contributed by atoms with E-state index in [2.05, 4.69) is 34.6 Å². The maximum Gasteiger partial charge on any atom is -0.0321 e. The van der Waals surface area contributed by atoms with Crippen LogP contribution < -0.4 is 0 Å². The molecule has 0 aromatic rings. The third-order valence-electron chi connectivity index (χ3n) is 7.13. The maximum absolute atomic E-state index is 2.58. The summed E-state index contributed by atoms with van der Waals surface area (Å²) in [6, 6.07) is 0. The molecule has 0 saturated heterocycles. The molecule has 0 aromatic heterocycles. The molecule has 3 aliphatic rings. The summed E-state index contributed by atoms with van der Waals surface area (Å²) in [5.74, 6) is 9.41. The average molecular weight is 234 g/mol. The van der Waals surface area contributed by atoms with Crippen molar-refractivity contribution in [2.24, 2.45) is 53.3 Å². The zero-order valence-corrected chi connectivity index (χ0v) is 12.3. The van der Waals surface area contributed by atoms with Crippen molar-refractivity contribution in [1.82, 2.24) is 0 Å². The Labute approximate surface area is 108 Å². The van der Waals surface area contributed by atoms with E-state index >= 15 is 0 Å². The van der Waals surface area contributed by atoms with E-state index in [0.29, 0.717) is 0 Å². The van der Waals surface area contributed by atoms with Crippen LogP contribution in [0.5, 0.6) is 0 Å². The van der Waals surface area contributed by atoms with E-state index in [4.69, 9.17) is 0 Å². The van der Waals surface area contributed by atoms with Crippen molar-refractivity contribution in [3.63, 3.8) is 0 Å². The molecule has 3 fully saturated rings. The van der Waals surface area contributed by atoms with E-state index in [1.807, 2.05) is 0 Å². The number of rotatable bonds is 2. The van der Waals surface area contributed by atoms with Crippen LogP contribution in [-0.2, 0) is 0 Å². The van der Waals surface area contributed by atoms with Gasteiger partial charge in [0.25, 0.3) is 0 Å². The van der Waals surface area contributed by atoms with E-state index in [1.165, 1.54) is 12.8 Å². The first-order chi connectivity index (χ1) is 8.07. The van der Waals surface area contributed by atoms with Crippen LogP contribution in [0.3, 0.4) is 0 Å². The molecular weight excluding hydrogens is 204 g/mol. The Hall–Kier alpha value is 0. The third kappa shape index (κ3) is 1.55. The minimum absolute atomic E-state index is 0.979. The van der Waals surface area contributed by atoms with Gasteiger partial charge in [0, 0.05) is 0 Å². The summed E-state index contributed by atoms with van der Waals surface area (Å²) in [7, 11) is 0. The van der Waals surface area contributed by atoms with E-state index in [9.17, 15) is 0 Å². The second kappa shape index (κ2) is 4.00. The Morgan fingerprint density at radius 2 is 1.35 bits per heavy atom. The first kappa shape index (κ1) is 12.1. The predicted octanol–water partition coefficient (Wildman–Crippen LogP) is 4.84. The fourth-order valence-corrected chi connectivity index (χ4v) is 6.10. The van der Waals surface area contributed by atoms with Gasteiger partial charge in [-0.15, -0.1) is 0 Å². The average Bonchev–Trinajstić information content (AvgIpc) is 3.06. The Bertz CT molecular complexity index is 294. The Kier molecular flexibility index (Phi) is 2.84. The normalized spacial score (nSPS) is 60.9. The molecule has 0 aromatic carbocycles. The van der Waals surface area contributed by atoms with Crippen LogP contribution in [0.15, 0.2) is 0 Å². The van der Waals surface area contributed by atoms with Crippen molar-refractivity contribution >= 4 is 0 Å². The molecular formula is C17H30. The van der Waals surface area contributed by atoms with Gasteiger partial charge in [0.1, 0.15) is 0 Å². The summed E-state index contributed by atoms with van der Waals surface area (Å²) in [5.41, 5.74) is 0. The Morgan fingerprint density at radius 1 is 0.765 bits per heavy atom. The molecule has 9 atom stereocenters. The fraction of sp³-hybridized carbons (Fsp3) is 1.00. The molecule has 98 valence electrons. The lowest BCUT2D eigenvalue weighted by molar-refractivity contribution is 0.0770. The van der Waals surface area contributed by atoms with Crippen LogP contribution in [0.1, 0.15) is 53.9 Å². The van der Waals surface area contributed by atoms with Gasteiger partial charge in [-0.05, 0) is 59.7 Å². The van der Waals surface area contributed by atoms with E-state index in [0.717, 1.165) is 53.3 Å². The molecule has 0 bridgehead atoms. The van der Waals surface area contributed by atoms with Crippen LogP contribution in [0.4, 0.5) is 0 Å². The van der Waals surface area contributed by atoms with Crippen LogP contribution in [0, 0.1) is 53.3 Å². The first-order valence-corrected chi connectivity index (χ1v) is 8.07. The summed E-state index contributed by atoms with van der Waals surface area (Å²) in [5, 5.41) is 0. The van der Waals surface area contributed by atoms with Gasteiger partial charge in [0.05, 0.1) is 0 Å². The van der Waals surface area contributed by atoms with Crippen molar-refractivity contribution < 1.29 is 0 Å². The molecule has 3 aliphatic carbocycles. The zero-order chi connectivity index (χ0) is 12.3. The summed E-state index contributed by atoms with van der Waals surface area (Å²) in [6.07, 6.45) is 4.44. The van der Waals surface area contributed by atoms with Gasteiger partial charge in [0.2, 0.25) is 0 Å². The number of hydrogen-bond donors (Lipinski definition) is 0. The second-order valence-corrected chi connectivity index (χ2v) is 7.61. The molecule has 9 unspecified atom stereocenters. The molecule has 3 rings (SSSR count). The maximum atomic E-state index is 2.58. The standard InChI is InChI=1S/C17H30/c1-6-7-13-9(2)10(3)16-11(4)14-8-15(14)12(5)17(13)16/h9-17H,6-8H2,1-5H3. The van der Waals surface area contributed by atoms with Crippen LogP contribution in [0.2, 0.25) is 0 Å². The van der Waals surface area contributed by atoms with E-state index < -0.39 is 0 Å². The first-order valence-electron chi connectivity index (χ1n) is 8.07. The Balaban J connectivity index is 1.89. The molecule has 0 aliphatic heterocycles. The predicted molar refractivity (Wildman–Crippen MR) is 73.6 cm³/mol.